The van der Waals surface area contributed by atoms with E-state index in [0.717, 1.165) is 30.0 Å². The SMILES string of the molecule is CNCc1cccc(CS(=O)(=O)NC(C)CC2CC2)c1. The Bertz CT molecular complexity index is 539. The summed E-state index contributed by atoms with van der Waals surface area (Å²) in [6.45, 7) is 2.70. The first kappa shape index (κ1) is 15.5. The summed E-state index contributed by atoms with van der Waals surface area (Å²) in [7, 11) is -1.37. The van der Waals surface area contributed by atoms with Crippen LogP contribution in [-0.2, 0) is 22.3 Å². The predicted molar refractivity (Wildman–Crippen MR) is 81.8 cm³/mol. The second-order valence-corrected chi connectivity index (χ2v) is 7.56. The van der Waals surface area contributed by atoms with Gasteiger partial charge in [-0.25, -0.2) is 13.1 Å². The molecule has 5 heteroatoms. The monoisotopic (exact) mass is 296 g/mol. The van der Waals surface area contributed by atoms with Crippen LogP contribution >= 0.6 is 0 Å². The Labute approximate surface area is 122 Å². The van der Waals surface area contributed by atoms with Crippen molar-refractivity contribution in [3.63, 3.8) is 0 Å². The van der Waals surface area contributed by atoms with Gasteiger partial charge in [-0.1, -0.05) is 37.1 Å². The topological polar surface area (TPSA) is 58.2 Å². The van der Waals surface area contributed by atoms with Crippen LogP contribution < -0.4 is 10.0 Å². The van der Waals surface area contributed by atoms with Gasteiger partial charge in [0.05, 0.1) is 5.75 Å². The smallest absolute Gasteiger partial charge is 0.216 e. The van der Waals surface area contributed by atoms with Crippen molar-refractivity contribution in [3.8, 4) is 0 Å². The molecule has 0 spiro atoms. The molecule has 1 aliphatic carbocycles. The van der Waals surface area contributed by atoms with Crippen LogP contribution in [0.15, 0.2) is 24.3 Å². The molecule has 0 aliphatic heterocycles. The van der Waals surface area contributed by atoms with E-state index in [-0.39, 0.29) is 11.8 Å². The molecular formula is C15H24N2O2S. The molecule has 0 bridgehead atoms. The highest BCUT2D eigenvalue weighted by atomic mass is 32.2. The van der Waals surface area contributed by atoms with E-state index in [4.69, 9.17) is 0 Å². The standard InChI is InChI=1S/C15H24N2O2S/c1-12(8-13-6-7-13)17-20(18,19)11-15-5-3-4-14(9-15)10-16-2/h3-5,9,12-13,16-17H,6-8,10-11H2,1-2H3. The lowest BCUT2D eigenvalue weighted by atomic mass is 10.1. The molecule has 2 rings (SSSR count). The van der Waals surface area contributed by atoms with Crippen LogP contribution in [0.2, 0.25) is 0 Å². The van der Waals surface area contributed by atoms with Gasteiger partial charge in [-0.05, 0) is 37.4 Å². The van der Waals surface area contributed by atoms with Crippen molar-refractivity contribution >= 4 is 10.0 Å². The first-order valence-corrected chi connectivity index (χ1v) is 8.86. The van der Waals surface area contributed by atoms with Crippen LogP contribution in [0.3, 0.4) is 0 Å². The van der Waals surface area contributed by atoms with Crippen LogP contribution in [0.5, 0.6) is 0 Å². The largest absolute Gasteiger partial charge is 0.316 e. The molecular weight excluding hydrogens is 272 g/mol. The molecule has 112 valence electrons. The fourth-order valence-corrected chi connectivity index (χ4v) is 3.91. The molecule has 4 nitrogen and oxygen atoms in total. The van der Waals surface area contributed by atoms with E-state index in [1.165, 1.54) is 12.8 Å². The van der Waals surface area contributed by atoms with Crippen LogP contribution in [-0.4, -0.2) is 21.5 Å². The third-order valence-corrected chi connectivity index (χ3v) is 4.97. The summed E-state index contributed by atoms with van der Waals surface area (Å²) in [5, 5.41) is 3.07. The minimum atomic E-state index is -3.25. The molecule has 1 unspecified atom stereocenters. The molecule has 1 aromatic carbocycles. The van der Waals surface area contributed by atoms with Crippen LogP contribution in [0.1, 0.15) is 37.3 Å². The highest BCUT2D eigenvalue weighted by molar-refractivity contribution is 7.88. The van der Waals surface area contributed by atoms with Gasteiger partial charge in [0, 0.05) is 12.6 Å². The van der Waals surface area contributed by atoms with E-state index in [1.807, 2.05) is 38.2 Å². The Morgan fingerprint density at radius 2 is 2.00 bits per heavy atom. The summed E-state index contributed by atoms with van der Waals surface area (Å²) in [6, 6.07) is 7.75. The molecule has 20 heavy (non-hydrogen) atoms. The third kappa shape index (κ3) is 5.23. The van der Waals surface area contributed by atoms with Gasteiger partial charge in [-0.3, -0.25) is 0 Å². The third-order valence-electron chi connectivity index (χ3n) is 3.49. The Hall–Kier alpha value is -0.910. The van der Waals surface area contributed by atoms with Crippen LogP contribution in [0.25, 0.3) is 0 Å². The van der Waals surface area contributed by atoms with Gasteiger partial charge >= 0.3 is 0 Å². The van der Waals surface area contributed by atoms with Gasteiger partial charge in [0.2, 0.25) is 10.0 Å². The summed E-state index contributed by atoms with van der Waals surface area (Å²) in [6.07, 6.45) is 3.45. The molecule has 0 saturated heterocycles. The Morgan fingerprint density at radius 1 is 1.30 bits per heavy atom. The van der Waals surface area contributed by atoms with Crippen molar-refractivity contribution in [1.82, 2.24) is 10.0 Å². The maximum atomic E-state index is 12.2. The summed E-state index contributed by atoms with van der Waals surface area (Å²) in [5.74, 6) is 0.784. The van der Waals surface area contributed by atoms with E-state index in [9.17, 15) is 8.42 Å². The van der Waals surface area contributed by atoms with Crippen molar-refractivity contribution < 1.29 is 8.42 Å². The van der Waals surface area contributed by atoms with Crippen molar-refractivity contribution in [1.29, 1.82) is 0 Å². The minimum Gasteiger partial charge on any atom is -0.316 e. The van der Waals surface area contributed by atoms with Crippen molar-refractivity contribution in [2.75, 3.05) is 7.05 Å². The fourth-order valence-electron chi connectivity index (χ4n) is 2.50. The van der Waals surface area contributed by atoms with Crippen molar-refractivity contribution in [2.24, 2.45) is 5.92 Å². The van der Waals surface area contributed by atoms with Gasteiger partial charge in [-0.15, -0.1) is 0 Å². The summed E-state index contributed by atoms with van der Waals surface area (Å²) >= 11 is 0. The first-order chi connectivity index (χ1) is 9.48. The van der Waals surface area contributed by atoms with Gasteiger partial charge in [-0.2, -0.15) is 0 Å². The molecule has 1 atom stereocenters. The average molecular weight is 296 g/mol. The van der Waals surface area contributed by atoms with Crippen molar-refractivity contribution in [3.05, 3.63) is 35.4 Å². The van der Waals surface area contributed by atoms with E-state index < -0.39 is 10.0 Å². The lowest BCUT2D eigenvalue weighted by Gasteiger charge is -2.14. The molecule has 1 aromatic rings. The molecule has 0 radical (unpaired) electrons. The summed E-state index contributed by atoms with van der Waals surface area (Å²) in [4.78, 5) is 0. The Morgan fingerprint density at radius 3 is 2.65 bits per heavy atom. The molecule has 0 aromatic heterocycles. The molecule has 0 heterocycles. The maximum absolute atomic E-state index is 12.2. The second kappa shape index (κ2) is 6.70. The number of hydrogen-bond acceptors (Lipinski definition) is 3. The van der Waals surface area contributed by atoms with Gasteiger partial charge < -0.3 is 5.32 Å². The van der Waals surface area contributed by atoms with Gasteiger partial charge in [0.25, 0.3) is 0 Å². The van der Waals surface area contributed by atoms with E-state index in [1.54, 1.807) is 0 Å². The van der Waals surface area contributed by atoms with Crippen LogP contribution in [0, 0.1) is 5.92 Å². The van der Waals surface area contributed by atoms with E-state index >= 15 is 0 Å². The zero-order chi connectivity index (χ0) is 14.6. The Kier molecular flexibility index (Phi) is 5.18. The molecule has 2 N–H and O–H groups in total. The number of hydrogen-bond donors (Lipinski definition) is 2. The number of sulfonamides is 1. The van der Waals surface area contributed by atoms with Crippen LogP contribution in [0.4, 0.5) is 0 Å². The second-order valence-electron chi connectivity index (χ2n) is 5.81. The summed E-state index contributed by atoms with van der Waals surface area (Å²) < 4.78 is 27.1. The molecule has 0 amide bonds. The van der Waals surface area contributed by atoms with E-state index in [2.05, 4.69) is 10.0 Å². The molecule has 1 saturated carbocycles. The average Bonchev–Trinajstić information content (AvgIpc) is 3.12. The van der Waals surface area contributed by atoms with Gasteiger partial charge in [0.1, 0.15) is 0 Å². The predicted octanol–water partition coefficient (Wildman–Crippen LogP) is 2.01. The fraction of sp³-hybridized carbons (Fsp3) is 0.600. The lowest BCUT2D eigenvalue weighted by Crippen LogP contribution is -2.33. The number of nitrogens with one attached hydrogen (secondary N) is 2. The normalized spacial score (nSPS) is 17.1. The van der Waals surface area contributed by atoms with Gasteiger partial charge in [0.15, 0.2) is 0 Å². The van der Waals surface area contributed by atoms with Crippen molar-refractivity contribution in [2.45, 2.75) is 44.5 Å². The highest BCUT2D eigenvalue weighted by Gasteiger charge is 2.25. The zero-order valence-electron chi connectivity index (χ0n) is 12.2. The highest BCUT2D eigenvalue weighted by Crippen LogP contribution is 2.33. The first-order valence-electron chi connectivity index (χ1n) is 7.21. The summed E-state index contributed by atoms with van der Waals surface area (Å²) in [5.41, 5.74) is 1.94. The zero-order valence-corrected chi connectivity index (χ0v) is 13.0. The quantitative estimate of drug-likeness (QED) is 0.771. The number of benzene rings is 1. The minimum absolute atomic E-state index is 0.0352. The molecule has 1 aliphatic rings. The molecule has 1 fully saturated rings. The Balaban J connectivity index is 1.94. The lowest BCUT2D eigenvalue weighted by molar-refractivity contribution is 0.529. The number of rotatable bonds is 8. The van der Waals surface area contributed by atoms with E-state index in [0.29, 0.717) is 0 Å². The maximum Gasteiger partial charge on any atom is 0.216 e.